The molecule has 0 spiro atoms. The molecule has 10 heteroatoms. The molecule has 5 rings (SSSR count). The van der Waals surface area contributed by atoms with E-state index in [4.69, 9.17) is 9.47 Å². The molecule has 0 saturated heterocycles. The summed E-state index contributed by atoms with van der Waals surface area (Å²) >= 11 is 0. The highest BCUT2D eigenvalue weighted by Crippen LogP contribution is 2.35. The van der Waals surface area contributed by atoms with E-state index < -0.39 is 17.8 Å². The smallest absolute Gasteiger partial charge is 0.249 e. The van der Waals surface area contributed by atoms with Crippen LogP contribution in [0.2, 0.25) is 0 Å². The Hall–Kier alpha value is -4.47. The lowest BCUT2D eigenvalue weighted by molar-refractivity contribution is -0.127. The van der Waals surface area contributed by atoms with Crippen LogP contribution in [0.4, 0.5) is 10.1 Å². The number of methoxy groups -OCH3 is 2. The Kier molecular flexibility index (Phi) is 7.72. The average molecular weight is 532 g/mol. The molecule has 0 radical (unpaired) electrons. The summed E-state index contributed by atoms with van der Waals surface area (Å²) in [5, 5.41) is 11.4. The van der Waals surface area contributed by atoms with Crippen molar-refractivity contribution in [3.63, 3.8) is 0 Å². The number of hydrogen-bond acceptors (Lipinski definition) is 6. The Bertz CT molecular complexity index is 1440. The number of ether oxygens (including phenoxy) is 2. The summed E-state index contributed by atoms with van der Waals surface area (Å²) in [5.74, 6) is -0.322. The minimum Gasteiger partial charge on any atom is -0.497 e. The highest BCUT2D eigenvalue weighted by molar-refractivity contribution is 6.02. The number of hydrogen-bond donors (Lipinski definition) is 1. The fourth-order valence-electron chi connectivity index (χ4n) is 5.02. The van der Waals surface area contributed by atoms with Crippen molar-refractivity contribution in [2.75, 3.05) is 19.1 Å². The number of nitrogens with zero attached hydrogens (tertiary/aromatic N) is 4. The van der Waals surface area contributed by atoms with E-state index in [1.807, 2.05) is 24.3 Å². The third-order valence-electron chi connectivity index (χ3n) is 6.98. The number of benzene rings is 3. The van der Waals surface area contributed by atoms with Crippen LogP contribution in [0, 0.1) is 5.82 Å². The molecule has 4 aromatic rings. The minimum atomic E-state index is -1.09. The fourth-order valence-corrected chi connectivity index (χ4v) is 5.02. The van der Waals surface area contributed by atoms with E-state index >= 15 is 0 Å². The number of amides is 2. The van der Waals surface area contributed by atoms with Gasteiger partial charge in [0.05, 0.1) is 25.4 Å². The number of anilines is 1. The van der Waals surface area contributed by atoms with Gasteiger partial charge < -0.3 is 14.8 Å². The molecular formula is C29H30FN5O4. The lowest BCUT2D eigenvalue weighted by Gasteiger charge is -2.32. The molecule has 202 valence electrons. The van der Waals surface area contributed by atoms with E-state index in [9.17, 15) is 14.0 Å². The summed E-state index contributed by atoms with van der Waals surface area (Å²) in [7, 11) is 3.02. The average Bonchev–Trinajstić information content (AvgIpc) is 3.62. The zero-order chi connectivity index (χ0) is 27.4. The number of carbonyl (C=O) groups is 2. The van der Waals surface area contributed by atoms with E-state index in [-0.39, 0.29) is 18.5 Å². The lowest BCUT2D eigenvalue weighted by atomic mass is 10.0. The third kappa shape index (κ3) is 5.69. The van der Waals surface area contributed by atoms with Gasteiger partial charge in [0.15, 0.2) is 0 Å². The molecule has 1 aliphatic carbocycles. The number of halogens is 1. The summed E-state index contributed by atoms with van der Waals surface area (Å²) < 4.78 is 26.4. The van der Waals surface area contributed by atoms with Crippen molar-refractivity contribution in [3.05, 3.63) is 78.1 Å². The van der Waals surface area contributed by atoms with Crippen molar-refractivity contribution in [1.82, 2.24) is 20.3 Å². The van der Waals surface area contributed by atoms with Gasteiger partial charge in [-0.3, -0.25) is 14.5 Å². The van der Waals surface area contributed by atoms with Crippen LogP contribution < -0.4 is 19.7 Å². The van der Waals surface area contributed by atoms with Crippen LogP contribution in [-0.4, -0.2) is 47.1 Å². The van der Waals surface area contributed by atoms with Gasteiger partial charge in [-0.15, -0.1) is 5.10 Å². The Morgan fingerprint density at radius 3 is 2.36 bits per heavy atom. The lowest BCUT2D eigenvalue weighted by Crippen LogP contribution is -2.47. The summed E-state index contributed by atoms with van der Waals surface area (Å²) in [6, 6.07) is 16.9. The molecule has 1 unspecified atom stereocenters. The Morgan fingerprint density at radius 1 is 1.03 bits per heavy atom. The van der Waals surface area contributed by atoms with Crippen molar-refractivity contribution in [2.45, 2.75) is 44.3 Å². The molecule has 0 aliphatic heterocycles. The second-order valence-corrected chi connectivity index (χ2v) is 9.51. The zero-order valence-electron chi connectivity index (χ0n) is 21.8. The highest BCUT2D eigenvalue weighted by Gasteiger charge is 2.35. The van der Waals surface area contributed by atoms with E-state index in [1.54, 1.807) is 18.2 Å². The first-order valence-electron chi connectivity index (χ1n) is 12.9. The van der Waals surface area contributed by atoms with Crippen LogP contribution in [0.5, 0.6) is 11.5 Å². The molecule has 1 N–H and O–H groups in total. The maximum Gasteiger partial charge on any atom is 0.249 e. The fraction of sp³-hybridized carbons (Fsp3) is 0.310. The van der Waals surface area contributed by atoms with Gasteiger partial charge in [-0.2, -0.15) is 0 Å². The van der Waals surface area contributed by atoms with Gasteiger partial charge in [-0.25, -0.2) is 9.07 Å². The molecule has 3 aromatic carbocycles. The second kappa shape index (κ2) is 11.5. The largest absolute Gasteiger partial charge is 0.497 e. The molecule has 1 heterocycles. The van der Waals surface area contributed by atoms with Gasteiger partial charge in [-0.05, 0) is 42.7 Å². The third-order valence-corrected chi connectivity index (χ3v) is 6.98. The van der Waals surface area contributed by atoms with Crippen LogP contribution in [0.1, 0.15) is 37.3 Å². The second-order valence-electron chi connectivity index (χ2n) is 9.51. The van der Waals surface area contributed by atoms with Crippen LogP contribution in [0.15, 0.2) is 66.7 Å². The van der Waals surface area contributed by atoms with Crippen LogP contribution in [0.25, 0.3) is 11.0 Å². The van der Waals surface area contributed by atoms with E-state index in [2.05, 4.69) is 15.6 Å². The molecule has 39 heavy (non-hydrogen) atoms. The van der Waals surface area contributed by atoms with Crippen LogP contribution >= 0.6 is 0 Å². The highest BCUT2D eigenvalue weighted by atomic mass is 19.1. The van der Waals surface area contributed by atoms with E-state index in [0.717, 1.165) is 25.7 Å². The molecule has 1 fully saturated rings. The first kappa shape index (κ1) is 26.1. The van der Waals surface area contributed by atoms with E-state index in [0.29, 0.717) is 33.8 Å². The molecule has 2 amide bonds. The summed E-state index contributed by atoms with van der Waals surface area (Å²) in [6.45, 7) is -0.186. The van der Waals surface area contributed by atoms with Crippen molar-refractivity contribution in [2.24, 2.45) is 0 Å². The predicted octanol–water partition coefficient (Wildman–Crippen LogP) is 4.42. The summed E-state index contributed by atoms with van der Waals surface area (Å²) in [5.41, 5.74) is 2.18. The predicted molar refractivity (Wildman–Crippen MR) is 144 cm³/mol. The van der Waals surface area contributed by atoms with Crippen LogP contribution in [0.3, 0.4) is 0 Å². The van der Waals surface area contributed by atoms with Crippen LogP contribution in [-0.2, 0) is 16.1 Å². The summed E-state index contributed by atoms with van der Waals surface area (Å²) in [4.78, 5) is 29.5. The number of nitrogens with one attached hydrogen (secondary N) is 1. The molecule has 1 saturated carbocycles. The van der Waals surface area contributed by atoms with Gasteiger partial charge in [0.2, 0.25) is 11.8 Å². The maximum atomic E-state index is 14.2. The minimum absolute atomic E-state index is 0.0107. The maximum absolute atomic E-state index is 14.2. The number of para-hydroxylation sites is 1. The Morgan fingerprint density at radius 2 is 1.69 bits per heavy atom. The quantitative estimate of drug-likeness (QED) is 0.343. The van der Waals surface area contributed by atoms with Crippen molar-refractivity contribution in [3.8, 4) is 11.5 Å². The number of fused-ring (bicyclic) bond motifs is 1. The zero-order valence-corrected chi connectivity index (χ0v) is 21.8. The van der Waals surface area contributed by atoms with Crippen molar-refractivity contribution in [1.29, 1.82) is 0 Å². The first-order chi connectivity index (χ1) is 19.0. The van der Waals surface area contributed by atoms with Gasteiger partial charge >= 0.3 is 0 Å². The Balaban J connectivity index is 1.62. The van der Waals surface area contributed by atoms with Crippen molar-refractivity contribution < 1.29 is 23.5 Å². The first-order valence-corrected chi connectivity index (χ1v) is 12.9. The SMILES string of the molecule is COc1cc(OC)cc(N(C(=O)Cn2nnc3ccccc32)C(C(=O)NC2CCCC2)c2ccc(F)cc2)c1. The van der Waals surface area contributed by atoms with Crippen molar-refractivity contribution >= 4 is 28.5 Å². The van der Waals surface area contributed by atoms with E-state index in [1.165, 1.54) is 48.1 Å². The summed E-state index contributed by atoms with van der Waals surface area (Å²) in [6.07, 6.45) is 3.80. The van der Waals surface area contributed by atoms with Gasteiger partial charge in [0, 0.05) is 24.2 Å². The standard InChI is InChI=1S/C29H30FN5O4/c1-38-23-15-22(16-24(17-23)39-2)35(27(36)18-34-26-10-6-5-9-25(26)32-33-34)28(19-11-13-20(30)14-12-19)29(37)31-21-7-3-4-8-21/h5-6,9-17,21,28H,3-4,7-8,18H2,1-2H3,(H,31,37). The molecule has 1 aliphatic rings. The normalized spacial score (nSPS) is 14.2. The van der Waals surface area contributed by atoms with Gasteiger partial charge in [-0.1, -0.05) is 42.3 Å². The number of rotatable bonds is 9. The van der Waals surface area contributed by atoms with Gasteiger partial charge in [0.1, 0.15) is 35.4 Å². The Labute approximate surface area is 225 Å². The monoisotopic (exact) mass is 531 g/mol. The molecule has 1 aromatic heterocycles. The molecular weight excluding hydrogens is 501 g/mol. The molecule has 0 bridgehead atoms. The number of carbonyl (C=O) groups excluding carboxylic acids is 2. The molecule has 9 nitrogen and oxygen atoms in total. The topological polar surface area (TPSA) is 98.6 Å². The van der Waals surface area contributed by atoms with Gasteiger partial charge in [0.25, 0.3) is 0 Å². The molecule has 1 atom stereocenters. The number of aromatic nitrogens is 3.